The van der Waals surface area contributed by atoms with E-state index >= 15 is 0 Å². The lowest BCUT2D eigenvalue weighted by molar-refractivity contribution is 0.379. The predicted octanol–water partition coefficient (Wildman–Crippen LogP) is 3.93. The molecule has 1 N–H and O–H groups in total. The number of rotatable bonds is 8. The number of hydrogen-bond donors (Lipinski definition) is 1. The molecule has 0 spiro atoms. The van der Waals surface area contributed by atoms with E-state index in [2.05, 4.69) is 58.6 Å². The molecule has 0 aliphatic heterocycles. The molecule has 92 valence electrons. The highest BCUT2D eigenvalue weighted by atomic mass is 32.2. The summed E-state index contributed by atoms with van der Waals surface area (Å²) in [7, 11) is 0. The Hall–Kier alpha value is 0.310. The highest BCUT2D eigenvalue weighted by Crippen LogP contribution is 2.15. The first-order valence-electron chi connectivity index (χ1n) is 6.24. The smallest absolute Gasteiger partial charge is 0.0144 e. The van der Waals surface area contributed by atoms with Gasteiger partial charge in [-0.15, -0.1) is 0 Å². The molecular weight excluding hydrogens is 202 g/mol. The van der Waals surface area contributed by atoms with Gasteiger partial charge in [-0.3, -0.25) is 0 Å². The van der Waals surface area contributed by atoms with E-state index in [1.807, 2.05) is 0 Å². The first-order valence-corrected chi connectivity index (χ1v) is 7.29. The van der Waals surface area contributed by atoms with E-state index in [1.54, 1.807) is 0 Å². The van der Waals surface area contributed by atoms with Gasteiger partial charge >= 0.3 is 0 Å². The maximum absolute atomic E-state index is 3.63. The molecule has 1 atom stereocenters. The fourth-order valence-electron chi connectivity index (χ4n) is 1.11. The molecule has 0 saturated heterocycles. The van der Waals surface area contributed by atoms with Crippen molar-refractivity contribution in [2.45, 2.75) is 65.2 Å². The molecule has 0 aliphatic carbocycles. The van der Waals surface area contributed by atoms with Crippen molar-refractivity contribution in [3.8, 4) is 0 Å². The van der Waals surface area contributed by atoms with Crippen LogP contribution in [0.1, 0.15) is 54.4 Å². The highest BCUT2D eigenvalue weighted by Gasteiger charge is 2.14. The summed E-state index contributed by atoms with van der Waals surface area (Å²) in [5, 5.41) is 4.36. The van der Waals surface area contributed by atoms with Crippen molar-refractivity contribution in [2.24, 2.45) is 5.92 Å². The summed E-state index contributed by atoms with van der Waals surface area (Å²) in [5.41, 5.74) is 0.298. The Morgan fingerprint density at radius 1 is 1.20 bits per heavy atom. The Morgan fingerprint density at radius 2 is 1.80 bits per heavy atom. The van der Waals surface area contributed by atoms with E-state index in [1.165, 1.54) is 18.6 Å². The van der Waals surface area contributed by atoms with Gasteiger partial charge < -0.3 is 5.32 Å². The minimum atomic E-state index is 0.298. The summed E-state index contributed by atoms with van der Waals surface area (Å²) in [6, 6.07) is 0. The normalized spacial score (nSPS) is 14.6. The summed E-state index contributed by atoms with van der Waals surface area (Å²) in [5.74, 6) is 2.14. The SMILES string of the molecule is CCC(C)(C)NCC(C)SCCC(C)C. The largest absolute Gasteiger partial charge is 0.311 e. The average molecular weight is 231 g/mol. The van der Waals surface area contributed by atoms with Gasteiger partial charge in [-0.05, 0) is 38.4 Å². The quantitative estimate of drug-likeness (QED) is 0.679. The Balaban J connectivity index is 3.53. The van der Waals surface area contributed by atoms with Crippen molar-refractivity contribution in [2.75, 3.05) is 12.3 Å². The molecule has 2 heteroatoms. The van der Waals surface area contributed by atoms with Gasteiger partial charge in [0.2, 0.25) is 0 Å². The first-order chi connectivity index (χ1) is 6.87. The molecule has 0 aromatic heterocycles. The minimum absolute atomic E-state index is 0.298. The van der Waals surface area contributed by atoms with E-state index in [0.717, 1.165) is 17.7 Å². The van der Waals surface area contributed by atoms with Gasteiger partial charge in [-0.25, -0.2) is 0 Å². The highest BCUT2D eigenvalue weighted by molar-refractivity contribution is 7.99. The average Bonchev–Trinajstić information content (AvgIpc) is 2.14. The third kappa shape index (κ3) is 9.25. The zero-order valence-electron chi connectivity index (χ0n) is 11.4. The molecule has 0 saturated carbocycles. The Kier molecular flexibility index (Phi) is 7.72. The third-order valence-corrected chi connectivity index (χ3v) is 4.06. The van der Waals surface area contributed by atoms with Gasteiger partial charge in [0.1, 0.15) is 0 Å². The number of nitrogens with one attached hydrogen (secondary N) is 1. The Bertz CT molecular complexity index is 155. The summed E-state index contributed by atoms with van der Waals surface area (Å²) < 4.78 is 0. The monoisotopic (exact) mass is 231 g/mol. The first kappa shape index (κ1) is 15.3. The van der Waals surface area contributed by atoms with Crippen LogP contribution in [0.2, 0.25) is 0 Å². The number of thioether (sulfide) groups is 1. The van der Waals surface area contributed by atoms with Crippen molar-refractivity contribution in [3.05, 3.63) is 0 Å². The summed E-state index contributed by atoms with van der Waals surface area (Å²) in [6.07, 6.45) is 2.53. The molecule has 0 amide bonds. The molecule has 0 heterocycles. The van der Waals surface area contributed by atoms with Crippen LogP contribution in [0.4, 0.5) is 0 Å². The molecule has 1 nitrogen and oxygen atoms in total. The van der Waals surface area contributed by atoms with Gasteiger partial charge in [0.15, 0.2) is 0 Å². The summed E-state index contributed by atoms with van der Waals surface area (Å²) in [6.45, 7) is 14.8. The van der Waals surface area contributed by atoms with E-state index in [4.69, 9.17) is 0 Å². The standard InChI is InChI=1S/C13H29NS/c1-7-13(5,6)14-10-12(4)15-9-8-11(2)3/h11-12,14H,7-10H2,1-6H3. The van der Waals surface area contributed by atoms with Crippen LogP contribution in [0, 0.1) is 5.92 Å². The van der Waals surface area contributed by atoms with Gasteiger partial charge in [0.25, 0.3) is 0 Å². The third-order valence-electron chi connectivity index (χ3n) is 2.85. The molecule has 0 bridgehead atoms. The van der Waals surface area contributed by atoms with Crippen LogP contribution in [0.15, 0.2) is 0 Å². The molecule has 15 heavy (non-hydrogen) atoms. The van der Waals surface area contributed by atoms with E-state index in [0.29, 0.717) is 5.54 Å². The second kappa shape index (κ2) is 7.56. The van der Waals surface area contributed by atoms with Gasteiger partial charge in [-0.2, -0.15) is 11.8 Å². The lowest BCUT2D eigenvalue weighted by Gasteiger charge is -2.26. The van der Waals surface area contributed by atoms with Crippen LogP contribution in [-0.4, -0.2) is 23.1 Å². The van der Waals surface area contributed by atoms with Crippen LogP contribution in [0.5, 0.6) is 0 Å². The Labute approximate surface area is 101 Å². The molecule has 0 aromatic carbocycles. The minimum Gasteiger partial charge on any atom is -0.311 e. The second-order valence-corrected chi connectivity index (χ2v) is 7.03. The van der Waals surface area contributed by atoms with Gasteiger partial charge in [0, 0.05) is 17.3 Å². The fourth-order valence-corrected chi connectivity index (χ4v) is 2.32. The second-order valence-electron chi connectivity index (χ2n) is 5.48. The fraction of sp³-hybridized carbons (Fsp3) is 1.00. The van der Waals surface area contributed by atoms with Crippen molar-refractivity contribution >= 4 is 11.8 Å². The van der Waals surface area contributed by atoms with Gasteiger partial charge in [-0.1, -0.05) is 27.7 Å². The zero-order valence-corrected chi connectivity index (χ0v) is 12.2. The van der Waals surface area contributed by atoms with E-state index in [-0.39, 0.29) is 0 Å². The molecule has 1 unspecified atom stereocenters. The van der Waals surface area contributed by atoms with Crippen LogP contribution in [0.25, 0.3) is 0 Å². The maximum Gasteiger partial charge on any atom is 0.0144 e. The number of hydrogen-bond acceptors (Lipinski definition) is 2. The van der Waals surface area contributed by atoms with Crippen molar-refractivity contribution in [3.63, 3.8) is 0 Å². The predicted molar refractivity (Wildman–Crippen MR) is 73.7 cm³/mol. The lowest BCUT2D eigenvalue weighted by atomic mass is 10.0. The maximum atomic E-state index is 3.63. The zero-order chi connectivity index (χ0) is 11.9. The molecule has 0 aromatic rings. The molecule has 0 aliphatic rings. The van der Waals surface area contributed by atoms with Crippen molar-refractivity contribution < 1.29 is 0 Å². The molecular formula is C13H29NS. The topological polar surface area (TPSA) is 12.0 Å². The summed E-state index contributed by atoms with van der Waals surface area (Å²) in [4.78, 5) is 0. The van der Waals surface area contributed by atoms with Crippen molar-refractivity contribution in [1.82, 2.24) is 5.32 Å². The lowest BCUT2D eigenvalue weighted by Crippen LogP contribution is -2.41. The van der Waals surface area contributed by atoms with Crippen molar-refractivity contribution in [1.29, 1.82) is 0 Å². The van der Waals surface area contributed by atoms with E-state index in [9.17, 15) is 0 Å². The van der Waals surface area contributed by atoms with Crippen LogP contribution in [0.3, 0.4) is 0 Å². The van der Waals surface area contributed by atoms with E-state index < -0.39 is 0 Å². The molecule has 0 fully saturated rings. The van der Waals surface area contributed by atoms with Gasteiger partial charge in [0.05, 0.1) is 0 Å². The van der Waals surface area contributed by atoms with Crippen LogP contribution in [-0.2, 0) is 0 Å². The van der Waals surface area contributed by atoms with Crippen LogP contribution >= 0.6 is 11.8 Å². The molecule has 0 radical (unpaired) electrons. The Morgan fingerprint density at radius 3 is 2.27 bits per heavy atom. The molecule has 0 rings (SSSR count). The van der Waals surface area contributed by atoms with Crippen LogP contribution < -0.4 is 5.32 Å². The summed E-state index contributed by atoms with van der Waals surface area (Å²) >= 11 is 2.09.